The first kappa shape index (κ1) is 14.9. The molecule has 0 bridgehead atoms. The van der Waals surface area contributed by atoms with Gasteiger partial charge in [-0.15, -0.1) is 5.10 Å². The van der Waals surface area contributed by atoms with E-state index in [4.69, 9.17) is 4.74 Å². The highest BCUT2D eigenvalue weighted by Crippen LogP contribution is 2.44. The lowest BCUT2D eigenvalue weighted by atomic mass is 10.1. The number of hydrogen-bond acceptors (Lipinski definition) is 8. The Hall–Kier alpha value is -2.62. The van der Waals surface area contributed by atoms with Gasteiger partial charge in [0.25, 0.3) is 0 Å². The van der Waals surface area contributed by atoms with Crippen LogP contribution in [-0.4, -0.2) is 51.3 Å². The van der Waals surface area contributed by atoms with E-state index in [2.05, 4.69) is 25.0 Å². The van der Waals surface area contributed by atoms with Crippen molar-refractivity contribution < 1.29 is 13.2 Å². The first-order valence-electron chi connectivity index (χ1n) is 7.29. The summed E-state index contributed by atoms with van der Waals surface area (Å²) in [6.45, 7) is 0. The van der Waals surface area contributed by atoms with E-state index in [1.165, 1.54) is 24.1 Å². The molecule has 10 heteroatoms. The quantitative estimate of drug-likeness (QED) is 0.684. The van der Waals surface area contributed by atoms with Crippen LogP contribution in [0.4, 0.5) is 0 Å². The molecule has 0 atom stereocenters. The molecule has 1 saturated carbocycles. The summed E-state index contributed by atoms with van der Waals surface area (Å²) in [6, 6.07) is 0. The summed E-state index contributed by atoms with van der Waals surface area (Å²) in [5, 5.41) is 4.24. The van der Waals surface area contributed by atoms with Gasteiger partial charge in [-0.2, -0.15) is 0 Å². The summed E-state index contributed by atoms with van der Waals surface area (Å²) >= 11 is 0. The largest absolute Gasteiger partial charge is 0.480 e. The van der Waals surface area contributed by atoms with Crippen LogP contribution in [0.1, 0.15) is 24.5 Å². The van der Waals surface area contributed by atoms with E-state index in [1.807, 2.05) is 0 Å². The molecule has 0 unspecified atom stereocenters. The number of nitrogens with zero attached hydrogens (tertiary/aromatic N) is 6. The van der Waals surface area contributed by atoms with Crippen LogP contribution in [-0.2, 0) is 9.84 Å². The second-order valence-electron chi connectivity index (χ2n) is 5.63. The number of imidazole rings is 1. The molecule has 1 fully saturated rings. The number of hydrogen-bond donors (Lipinski definition) is 0. The van der Waals surface area contributed by atoms with Crippen molar-refractivity contribution in [2.24, 2.45) is 0 Å². The van der Waals surface area contributed by atoms with Gasteiger partial charge in [0.15, 0.2) is 21.3 Å². The van der Waals surface area contributed by atoms with Crippen molar-refractivity contribution in [3.05, 3.63) is 24.4 Å². The summed E-state index contributed by atoms with van der Waals surface area (Å²) in [4.78, 5) is 16.7. The van der Waals surface area contributed by atoms with Crippen LogP contribution in [0.15, 0.2) is 23.7 Å². The van der Waals surface area contributed by atoms with Crippen LogP contribution < -0.4 is 4.74 Å². The summed E-state index contributed by atoms with van der Waals surface area (Å²) < 4.78 is 30.9. The number of sulfone groups is 1. The Morgan fingerprint density at radius 3 is 2.71 bits per heavy atom. The molecule has 0 aliphatic heterocycles. The number of methoxy groups -OCH3 is 1. The molecule has 0 radical (unpaired) electrons. The molecule has 4 rings (SSSR count). The molecule has 1 aliphatic carbocycles. The molecular formula is C14H14N6O3S. The summed E-state index contributed by atoms with van der Waals surface area (Å²) in [5.74, 6) is 0.826. The minimum atomic E-state index is -3.58. The van der Waals surface area contributed by atoms with Crippen LogP contribution in [0.2, 0.25) is 0 Å². The molecule has 0 saturated heterocycles. The highest BCUT2D eigenvalue weighted by Gasteiger charge is 2.32. The van der Waals surface area contributed by atoms with Crippen molar-refractivity contribution in [1.29, 1.82) is 0 Å². The fourth-order valence-corrected chi connectivity index (χ4v) is 3.30. The molecule has 1 aliphatic rings. The van der Waals surface area contributed by atoms with E-state index in [9.17, 15) is 8.42 Å². The molecule has 24 heavy (non-hydrogen) atoms. The number of rotatable bonds is 4. The normalized spacial score (nSPS) is 14.9. The Balaban J connectivity index is 2.04. The van der Waals surface area contributed by atoms with Gasteiger partial charge in [-0.1, -0.05) is 0 Å². The Morgan fingerprint density at radius 1 is 1.25 bits per heavy atom. The molecule has 3 heterocycles. The topological polar surface area (TPSA) is 112 Å². The average molecular weight is 346 g/mol. The Labute approximate surface area is 137 Å². The molecule has 0 aromatic carbocycles. The Morgan fingerprint density at radius 2 is 2.04 bits per heavy atom. The summed E-state index contributed by atoms with van der Waals surface area (Å²) in [6.07, 6.45) is 7.60. The molecule has 0 N–H and O–H groups in total. The minimum Gasteiger partial charge on any atom is -0.480 e. The Kier molecular flexibility index (Phi) is 3.23. The molecule has 0 amide bonds. The van der Waals surface area contributed by atoms with Gasteiger partial charge in [0.2, 0.25) is 10.9 Å². The molecule has 0 spiro atoms. The van der Waals surface area contributed by atoms with Gasteiger partial charge in [-0.3, -0.25) is 0 Å². The second kappa shape index (κ2) is 5.20. The van der Waals surface area contributed by atoms with E-state index in [0.717, 1.165) is 24.8 Å². The van der Waals surface area contributed by atoms with Crippen molar-refractivity contribution >= 4 is 15.5 Å². The van der Waals surface area contributed by atoms with Gasteiger partial charge < -0.3 is 4.74 Å². The zero-order chi connectivity index (χ0) is 16.9. The lowest BCUT2D eigenvalue weighted by Gasteiger charge is -2.11. The van der Waals surface area contributed by atoms with Crippen LogP contribution in [0.3, 0.4) is 0 Å². The van der Waals surface area contributed by atoms with Gasteiger partial charge >= 0.3 is 0 Å². The van der Waals surface area contributed by atoms with Crippen molar-refractivity contribution in [3.8, 4) is 17.3 Å². The van der Waals surface area contributed by atoms with Gasteiger partial charge in [0, 0.05) is 24.6 Å². The maximum atomic E-state index is 12.1. The minimum absolute atomic E-state index is 0.134. The number of aromatic nitrogens is 6. The third-order valence-electron chi connectivity index (χ3n) is 3.80. The van der Waals surface area contributed by atoms with Gasteiger partial charge in [0.1, 0.15) is 11.9 Å². The highest BCUT2D eigenvalue weighted by atomic mass is 32.2. The van der Waals surface area contributed by atoms with Crippen molar-refractivity contribution in [1.82, 2.24) is 29.5 Å². The molecule has 3 aromatic heterocycles. The Bertz CT molecular complexity index is 1040. The maximum absolute atomic E-state index is 12.1. The van der Waals surface area contributed by atoms with Crippen molar-refractivity contribution in [2.45, 2.75) is 23.8 Å². The first-order valence-corrected chi connectivity index (χ1v) is 9.19. The summed E-state index contributed by atoms with van der Waals surface area (Å²) in [7, 11) is -2.09. The SMILES string of the molecule is COc1ncnc(C2CC2)c1-c1nc(S(C)(=O)=O)c2nccn2n1. The second-order valence-corrected chi connectivity index (χ2v) is 7.56. The number of fused-ring (bicyclic) bond motifs is 1. The van der Waals surface area contributed by atoms with Gasteiger partial charge in [0.05, 0.1) is 12.8 Å². The molecule has 124 valence electrons. The van der Waals surface area contributed by atoms with E-state index < -0.39 is 9.84 Å². The molecule has 3 aromatic rings. The van der Waals surface area contributed by atoms with Gasteiger partial charge in [-0.05, 0) is 12.8 Å². The number of ether oxygens (including phenoxy) is 1. The van der Waals surface area contributed by atoms with Crippen LogP contribution in [0.5, 0.6) is 5.88 Å². The fraction of sp³-hybridized carbons (Fsp3) is 0.357. The third kappa shape index (κ3) is 2.39. The zero-order valence-electron chi connectivity index (χ0n) is 13.0. The average Bonchev–Trinajstić information content (AvgIpc) is 3.29. The van der Waals surface area contributed by atoms with E-state index in [1.54, 1.807) is 6.20 Å². The third-order valence-corrected chi connectivity index (χ3v) is 4.77. The van der Waals surface area contributed by atoms with E-state index >= 15 is 0 Å². The smallest absolute Gasteiger partial charge is 0.227 e. The first-order chi connectivity index (χ1) is 11.5. The lowest BCUT2D eigenvalue weighted by molar-refractivity contribution is 0.397. The maximum Gasteiger partial charge on any atom is 0.227 e. The fourth-order valence-electron chi connectivity index (χ4n) is 2.57. The van der Waals surface area contributed by atoms with E-state index in [0.29, 0.717) is 17.4 Å². The molecular weight excluding hydrogens is 332 g/mol. The predicted molar refractivity (Wildman–Crippen MR) is 83.4 cm³/mol. The van der Waals surface area contributed by atoms with Gasteiger partial charge in [-0.25, -0.2) is 32.9 Å². The molecule has 9 nitrogen and oxygen atoms in total. The predicted octanol–water partition coefficient (Wildman–Crippen LogP) is 0.871. The van der Waals surface area contributed by atoms with E-state index in [-0.39, 0.29) is 16.5 Å². The van der Waals surface area contributed by atoms with Crippen molar-refractivity contribution in [3.63, 3.8) is 0 Å². The standard InChI is InChI=1S/C14H14N6O3S/c1-23-13-9(10(8-3-4-8)16-7-17-13)11-18-14(24(2,21)22)12-15-5-6-20(12)19-11/h5-8H,3-4H2,1-2H3. The lowest BCUT2D eigenvalue weighted by Crippen LogP contribution is -2.10. The van der Waals surface area contributed by atoms with Crippen LogP contribution in [0.25, 0.3) is 17.0 Å². The monoisotopic (exact) mass is 346 g/mol. The summed E-state index contributed by atoms with van der Waals surface area (Å²) in [5.41, 5.74) is 1.49. The van der Waals surface area contributed by atoms with Crippen molar-refractivity contribution in [2.75, 3.05) is 13.4 Å². The highest BCUT2D eigenvalue weighted by molar-refractivity contribution is 7.90. The van der Waals surface area contributed by atoms with Crippen LogP contribution in [0, 0.1) is 0 Å². The van der Waals surface area contributed by atoms with Crippen LogP contribution >= 0.6 is 0 Å². The zero-order valence-corrected chi connectivity index (χ0v) is 13.9.